The highest BCUT2D eigenvalue weighted by atomic mass is 32.2. The van der Waals surface area contributed by atoms with Gasteiger partial charge in [0.25, 0.3) is 10.1 Å². The van der Waals surface area contributed by atoms with Crippen molar-refractivity contribution in [3.8, 4) is 0 Å². The van der Waals surface area contributed by atoms with E-state index in [4.69, 9.17) is 4.55 Å². The summed E-state index contributed by atoms with van der Waals surface area (Å²) < 4.78 is 31.4. The van der Waals surface area contributed by atoms with Gasteiger partial charge in [0.1, 0.15) is 10.6 Å². The molecule has 1 aromatic rings. The summed E-state index contributed by atoms with van der Waals surface area (Å²) in [5, 5.41) is 9.61. The Morgan fingerprint density at radius 2 is 2.06 bits per heavy atom. The minimum atomic E-state index is -4.42. The van der Waals surface area contributed by atoms with Crippen LogP contribution in [-0.2, 0) is 14.9 Å². The fourth-order valence-corrected chi connectivity index (χ4v) is 1.83. The van der Waals surface area contributed by atoms with Gasteiger partial charge in [0.15, 0.2) is 0 Å². The molecule has 3 N–H and O–H groups in total. The van der Waals surface area contributed by atoms with Crippen molar-refractivity contribution in [2.45, 2.75) is 11.8 Å². The van der Waals surface area contributed by atoms with Gasteiger partial charge in [-0.1, -0.05) is 11.3 Å². The molecule has 0 spiro atoms. The summed E-state index contributed by atoms with van der Waals surface area (Å²) in [4.78, 5) is 10.2. The molecule has 0 bridgehead atoms. The van der Waals surface area contributed by atoms with E-state index in [9.17, 15) is 13.2 Å². The van der Waals surface area contributed by atoms with Crippen molar-refractivity contribution in [3.05, 3.63) is 18.2 Å². The van der Waals surface area contributed by atoms with Crippen LogP contribution in [0.5, 0.6) is 0 Å². The number of nitrogens with zero attached hydrogens (tertiary/aromatic N) is 2. The van der Waals surface area contributed by atoms with E-state index in [-0.39, 0.29) is 5.69 Å². The van der Waals surface area contributed by atoms with Crippen molar-refractivity contribution < 1.29 is 17.8 Å². The Hall–Kier alpha value is -2.00. The van der Waals surface area contributed by atoms with E-state index in [1.165, 1.54) is 19.1 Å². The Bertz CT molecular complexity index is 582. The molecule has 0 radical (unpaired) electrons. The monoisotopic (exact) mass is 272 g/mol. The number of rotatable bonds is 4. The normalized spacial score (nSPS) is 11.5. The second-order valence-electron chi connectivity index (χ2n) is 3.25. The number of hydrogen-bond acceptors (Lipinski definition) is 6. The summed E-state index contributed by atoms with van der Waals surface area (Å²) in [6, 6.07) is 4.17. The molecule has 0 heterocycles. The van der Waals surface area contributed by atoms with Gasteiger partial charge >= 0.3 is 0 Å². The Labute approximate surface area is 104 Å². The van der Waals surface area contributed by atoms with Crippen molar-refractivity contribution in [3.63, 3.8) is 0 Å². The number of benzene rings is 1. The molecule has 0 aliphatic heterocycles. The molecule has 0 unspecified atom stereocenters. The molecule has 8 nitrogen and oxygen atoms in total. The van der Waals surface area contributed by atoms with E-state index in [1.807, 2.05) is 5.43 Å². The minimum absolute atomic E-state index is 0.0868. The van der Waals surface area contributed by atoms with Crippen LogP contribution in [0.15, 0.2) is 33.4 Å². The highest BCUT2D eigenvalue weighted by Gasteiger charge is 2.18. The van der Waals surface area contributed by atoms with Crippen LogP contribution >= 0.6 is 0 Å². The van der Waals surface area contributed by atoms with Crippen LogP contribution in [0.25, 0.3) is 0 Å². The van der Waals surface area contributed by atoms with Gasteiger partial charge in [-0.25, -0.2) is 5.43 Å². The lowest BCUT2D eigenvalue weighted by molar-refractivity contribution is -0.119. The first-order chi connectivity index (χ1) is 8.36. The molecule has 0 atom stereocenters. The van der Waals surface area contributed by atoms with Crippen molar-refractivity contribution in [1.29, 1.82) is 0 Å². The van der Waals surface area contributed by atoms with Gasteiger partial charge in [0.2, 0.25) is 5.91 Å². The highest BCUT2D eigenvalue weighted by molar-refractivity contribution is 7.86. The Balaban J connectivity index is 3.29. The van der Waals surface area contributed by atoms with Crippen molar-refractivity contribution >= 4 is 27.4 Å². The smallest absolute Gasteiger partial charge is 0.296 e. The number of hydrogen-bond donors (Lipinski definition) is 3. The van der Waals surface area contributed by atoms with Crippen molar-refractivity contribution in [1.82, 2.24) is 5.43 Å². The first-order valence-corrected chi connectivity index (χ1v) is 6.26. The summed E-state index contributed by atoms with van der Waals surface area (Å²) in [6.07, 6.45) is 0. The van der Waals surface area contributed by atoms with Gasteiger partial charge < -0.3 is 5.32 Å². The van der Waals surface area contributed by atoms with Gasteiger partial charge in [-0.05, 0) is 12.1 Å². The second kappa shape index (κ2) is 5.56. The maximum absolute atomic E-state index is 11.2. The first-order valence-electron chi connectivity index (χ1n) is 4.82. The average molecular weight is 272 g/mol. The maximum Gasteiger partial charge on any atom is 0.296 e. The van der Waals surface area contributed by atoms with Crippen molar-refractivity contribution in [2.75, 3.05) is 12.4 Å². The van der Waals surface area contributed by atoms with Crippen LogP contribution < -0.4 is 10.7 Å². The van der Waals surface area contributed by atoms with E-state index in [0.717, 1.165) is 0 Å². The molecule has 0 aromatic heterocycles. The van der Waals surface area contributed by atoms with Gasteiger partial charge in [-0.2, -0.15) is 8.42 Å². The molecule has 1 rings (SSSR count). The lowest BCUT2D eigenvalue weighted by Crippen LogP contribution is -2.11. The maximum atomic E-state index is 11.2. The quantitative estimate of drug-likeness (QED) is 0.430. The van der Waals surface area contributed by atoms with Gasteiger partial charge in [0.05, 0.1) is 5.69 Å². The standard InChI is InChI=1S/C9H12N4O4S/c1-6(14)11-13-12-9-7(10-2)4-3-5-8(9)18(15,16)17/h3-5,10H,1-2H3,(H,11,12,14)(H,15,16,17). The van der Waals surface area contributed by atoms with Crippen LogP contribution in [0.3, 0.4) is 0 Å². The predicted molar refractivity (Wildman–Crippen MR) is 64.1 cm³/mol. The molecule has 0 saturated carbocycles. The summed E-state index contributed by atoms with van der Waals surface area (Å²) in [7, 11) is -2.87. The van der Waals surface area contributed by atoms with E-state index < -0.39 is 20.9 Å². The third kappa shape index (κ3) is 3.50. The van der Waals surface area contributed by atoms with Gasteiger partial charge in [-0.3, -0.25) is 9.35 Å². The summed E-state index contributed by atoms with van der Waals surface area (Å²) >= 11 is 0. The number of anilines is 1. The molecular weight excluding hydrogens is 260 g/mol. The van der Waals surface area contributed by atoms with E-state index in [2.05, 4.69) is 15.7 Å². The largest absolute Gasteiger partial charge is 0.386 e. The van der Waals surface area contributed by atoms with Crippen molar-refractivity contribution in [2.24, 2.45) is 10.3 Å². The summed E-state index contributed by atoms with van der Waals surface area (Å²) in [5.41, 5.74) is 2.30. The third-order valence-electron chi connectivity index (χ3n) is 1.90. The molecule has 18 heavy (non-hydrogen) atoms. The first kappa shape index (κ1) is 14.1. The van der Waals surface area contributed by atoms with Crippen LogP contribution in [0, 0.1) is 0 Å². The molecule has 0 aliphatic rings. The Kier molecular flexibility index (Phi) is 4.34. The molecule has 1 aromatic carbocycles. The number of amides is 1. The lowest BCUT2D eigenvalue weighted by Gasteiger charge is -2.07. The predicted octanol–water partition coefficient (Wildman–Crippen LogP) is 1.11. The molecule has 9 heteroatoms. The zero-order valence-electron chi connectivity index (χ0n) is 9.71. The highest BCUT2D eigenvalue weighted by Crippen LogP contribution is 2.32. The molecular formula is C9H12N4O4S. The second-order valence-corrected chi connectivity index (χ2v) is 4.64. The Morgan fingerprint density at radius 1 is 1.39 bits per heavy atom. The van der Waals surface area contributed by atoms with E-state index in [0.29, 0.717) is 5.69 Å². The van der Waals surface area contributed by atoms with E-state index >= 15 is 0 Å². The zero-order valence-corrected chi connectivity index (χ0v) is 10.5. The van der Waals surface area contributed by atoms with Crippen LogP contribution in [-0.4, -0.2) is 25.9 Å². The van der Waals surface area contributed by atoms with Gasteiger partial charge in [0, 0.05) is 14.0 Å². The van der Waals surface area contributed by atoms with E-state index in [1.54, 1.807) is 13.1 Å². The topological polar surface area (TPSA) is 120 Å². The summed E-state index contributed by atoms with van der Waals surface area (Å²) in [6.45, 7) is 1.23. The van der Waals surface area contributed by atoms with Crippen LogP contribution in [0.4, 0.5) is 11.4 Å². The lowest BCUT2D eigenvalue weighted by atomic mass is 10.3. The molecule has 98 valence electrons. The average Bonchev–Trinajstić information content (AvgIpc) is 2.27. The number of nitrogens with one attached hydrogen (secondary N) is 2. The Morgan fingerprint density at radius 3 is 2.56 bits per heavy atom. The zero-order chi connectivity index (χ0) is 13.8. The SMILES string of the molecule is CNc1cccc(S(=O)(=O)O)c1N=NNC(C)=O. The molecule has 0 aliphatic carbocycles. The molecule has 0 fully saturated rings. The number of carbonyl (C=O) groups is 1. The van der Waals surface area contributed by atoms with Crippen LogP contribution in [0.1, 0.15) is 6.92 Å². The van der Waals surface area contributed by atoms with Gasteiger partial charge in [-0.15, -0.1) is 5.11 Å². The van der Waals surface area contributed by atoms with Crippen LogP contribution in [0.2, 0.25) is 0 Å². The fourth-order valence-electron chi connectivity index (χ4n) is 1.18. The number of carbonyl (C=O) groups excluding carboxylic acids is 1. The fraction of sp³-hybridized carbons (Fsp3) is 0.222. The third-order valence-corrected chi connectivity index (χ3v) is 2.79. The summed E-state index contributed by atoms with van der Waals surface area (Å²) in [5.74, 6) is -0.450. The molecule has 0 saturated heterocycles. The molecule has 1 amide bonds. The minimum Gasteiger partial charge on any atom is -0.386 e.